The van der Waals surface area contributed by atoms with Crippen molar-refractivity contribution < 1.29 is 19.1 Å². The highest BCUT2D eigenvalue weighted by Gasteiger charge is 2.04. The second-order valence-electron chi connectivity index (χ2n) is 3.57. The van der Waals surface area contributed by atoms with E-state index < -0.39 is 11.6 Å². The second kappa shape index (κ2) is 4.75. The Morgan fingerprint density at radius 1 is 1.39 bits per heavy atom. The van der Waals surface area contributed by atoms with E-state index in [-0.39, 0.29) is 16.9 Å². The maximum absolute atomic E-state index is 11.6. The predicted molar refractivity (Wildman–Crippen MR) is 65.2 cm³/mol. The van der Waals surface area contributed by atoms with E-state index in [1.807, 2.05) is 0 Å². The van der Waals surface area contributed by atoms with Gasteiger partial charge in [-0.1, -0.05) is 0 Å². The Balaban J connectivity index is 2.50. The number of carbonyl (C=O) groups excluding carboxylic acids is 1. The molecule has 0 amide bonds. The normalized spacial score (nSPS) is 10.9. The molecule has 0 radical (unpaired) electrons. The number of fused-ring (bicyclic) bond motifs is 1. The van der Waals surface area contributed by atoms with Gasteiger partial charge in [-0.3, -0.25) is 0 Å². The Kier molecular flexibility index (Phi) is 3.14. The third kappa shape index (κ3) is 2.40. The molecule has 92 valence electrons. The van der Waals surface area contributed by atoms with Gasteiger partial charge < -0.3 is 14.3 Å². The molecule has 0 aliphatic heterocycles. The van der Waals surface area contributed by atoms with Crippen LogP contribution in [-0.4, -0.2) is 18.2 Å². The highest BCUT2D eigenvalue weighted by molar-refractivity contribution is 5.88. The molecule has 5 nitrogen and oxygen atoms in total. The lowest BCUT2D eigenvalue weighted by Crippen LogP contribution is -2.03. The highest BCUT2D eigenvalue weighted by atomic mass is 16.5. The summed E-state index contributed by atoms with van der Waals surface area (Å²) in [4.78, 5) is 22.5. The fourth-order valence-corrected chi connectivity index (χ4v) is 1.46. The summed E-state index contributed by atoms with van der Waals surface area (Å²) in [6.45, 7) is 0. The van der Waals surface area contributed by atoms with Gasteiger partial charge in [-0.2, -0.15) is 0 Å². The van der Waals surface area contributed by atoms with Gasteiger partial charge in [-0.25, -0.2) is 9.59 Å². The van der Waals surface area contributed by atoms with Crippen molar-refractivity contribution in [1.82, 2.24) is 0 Å². The molecule has 1 aromatic carbocycles. The zero-order chi connectivity index (χ0) is 13.1. The molecule has 0 aliphatic rings. The predicted octanol–water partition coefficient (Wildman–Crippen LogP) is 1.68. The minimum absolute atomic E-state index is 0.0171. The molecule has 0 atom stereocenters. The zero-order valence-electron chi connectivity index (χ0n) is 9.54. The molecule has 0 saturated carbocycles. The quantitative estimate of drug-likeness (QED) is 0.495. The Hall–Kier alpha value is -2.56. The van der Waals surface area contributed by atoms with Gasteiger partial charge in [0, 0.05) is 17.5 Å². The van der Waals surface area contributed by atoms with Crippen LogP contribution >= 0.6 is 0 Å². The average Bonchev–Trinajstić information content (AvgIpc) is 2.35. The first-order valence-corrected chi connectivity index (χ1v) is 5.13. The number of hydrogen-bond donors (Lipinski definition) is 1. The van der Waals surface area contributed by atoms with Crippen molar-refractivity contribution in [2.75, 3.05) is 7.11 Å². The molecule has 2 aromatic rings. The summed E-state index contributed by atoms with van der Waals surface area (Å²) in [5.41, 5.74) is -0.0675. The minimum Gasteiger partial charge on any atom is -0.508 e. The smallest absolute Gasteiger partial charge is 0.343 e. The van der Waals surface area contributed by atoms with Crippen molar-refractivity contribution in [3.8, 4) is 5.75 Å². The van der Waals surface area contributed by atoms with Crippen LogP contribution in [0.4, 0.5) is 0 Å². The van der Waals surface area contributed by atoms with E-state index in [1.54, 1.807) is 12.1 Å². The third-order valence-electron chi connectivity index (χ3n) is 2.35. The van der Waals surface area contributed by atoms with Gasteiger partial charge in [-0.15, -0.1) is 0 Å². The maximum atomic E-state index is 11.6. The maximum Gasteiger partial charge on any atom is 0.343 e. The van der Waals surface area contributed by atoms with Crippen molar-refractivity contribution in [2.24, 2.45) is 0 Å². The van der Waals surface area contributed by atoms with Crippen LogP contribution in [0.3, 0.4) is 0 Å². The Bertz CT molecular complexity index is 681. The van der Waals surface area contributed by atoms with Crippen LogP contribution < -0.4 is 5.63 Å². The topological polar surface area (TPSA) is 76.7 Å². The molecular weight excluding hydrogens is 236 g/mol. The van der Waals surface area contributed by atoms with Crippen LogP contribution in [0, 0.1) is 0 Å². The summed E-state index contributed by atoms with van der Waals surface area (Å²) in [6, 6.07) is 6.02. The number of rotatable bonds is 2. The van der Waals surface area contributed by atoms with Crippen LogP contribution in [0.1, 0.15) is 5.56 Å². The fourth-order valence-electron chi connectivity index (χ4n) is 1.46. The molecule has 0 unspecified atom stereocenters. The Morgan fingerprint density at radius 3 is 2.89 bits per heavy atom. The van der Waals surface area contributed by atoms with Crippen LogP contribution in [0.5, 0.6) is 5.75 Å². The van der Waals surface area contributed by atoms with E-state index in [0.29, 0.717) is 5.39 Å². The number of phenolic OH excluding ortho intramolecular Hbond substituents is 1. The second-order valence-corrected chi connectivity index (χ2v) is 3.57. The van der Waals surface area contributed by atoms with E-state index in [0.717, 1.165) is 6.08 Å². The molecule has 1 heterocycles. The fraction of sp³-hybridized carbons (Fsp3) is 0.0769. The van der Waals surface area contributed by atoms with Crippen molar-refractivity contribution in [2.45, 2.75) is 0 Å². The molecule has 1 aromatic heterocycles. The average molecular weight is 246 g/mol. The van der Waals surface area contributed by atoms with Gasteiger partial charge in [0.2, 0.25) is 0 Å². The molecule has 1 N–H and O–H groups in total. The first-order chi connectivity index (χ1) is 8.60. The number of phenols is 1. The van der Waals surface area contributed by atoms with Gasteiger partial charge >= 0.3 is 11.6 Å². The molecule has 0 saturated heterocycles. The number of carbonyl (C=O) groups is 1. The lowest BCUT2D eigenvalue weighted by molar-refractivity contribution is -0.134. The molecule has 2 rings (SSSR count). The largest absolute Gasteiger partial charge is 0.508 e. The number of hydrogen-bond acceptors (Lipinski definition) is 5. The van der Waals surface area contributed by atoms with Crippen LogP contribution in [0.15, 0.2) is 39.6 Å². The lowest BCUT2D eigenvalue weighted by Gasteiger charge is -1.99. The molecule has 0 spiro atoms. The van der Waals surface area contributed by atoms with Crippen molar-refractivity contribution in [3.05, 3.63) is 46.3 Å². The summed E-state index contributed by atoms with van der Waals surface area (Å²) in [5, 5.41) is 9.91. The van der Waals surface area contributed by atoms with E-state index in [2.05, 4.69) is 4.74 Å². The number of esters is 1. The van der Waals surface area contributed by atoms with Gasteiger partial charge in [0.05, 0.1) is 12.7 Å². The van der Waals surface area contributed by atoms with Crippen LogP contribution in [-0.2, 0) is 9.53 Å². The standard InChI is InChI=1S/C13H10O5/c1-17-12(15)5-3-9-6-8-2-4-10(14)7-11(8)18-13(9)16/h2-7,14H,1H3. The highest BCUT2D eigenvalue weighted by Crippen LogP contribution is 2.19. The number of benzene rings is 1. The minimum atomic E-state index is -0.590. The Morgan fingerprint density at radius 2 is 2.17 bits per heavy atom. The van der Waals surface area contributed by atoms with E-state index in [1.165, 1.54) is 25.3 Å². The summed E-state index contributed by atoms with van der Waals surface area (Å²) in [6.07, 6.45) is 2.46. The van der Waals surface area contributed by atoms with Crippen molar-refractivity contribution in [3.63, 3.8) is 0 Å². The first kappa shape index (κ1) is 11.9. The van der Waals surface area contributed by atoms with Gasteiger partial charge in [0.25, 0.3) is 0 Å². The van der Waals surface area contributed by atoms with E-state index in [9.17, 15) is 14.7 Å². The number of ether oxygens (including phenoxy) is 1. The van der Waals surface area contributed by atoms with E-state index in [4.69, 9.17) is 4.42 Å². The molecule has 0 fully saturated rings. The van der Waals surface area contributed by atoms with Crippen molar-refractivity contribution in [1.29, 1.82) is 0 Å². The molecule has 18 heavy (non-hydrogen) atoms. The SMILES string of the molecule is COC(=O)C=Cc1cc2ccc(O)cc2oc1=O. The zero-order valence-corrected chi connectivity index (χ0v) is 9.54. The third-order valence-corrected chi connectivity index (χ3v) is 2.35. The summed E-state index contributed by atoms with van der Waals surface area (Å²) < 4.78 is 9.44. The van der Waals surface area contributed by atoms with Crippen molar-refractivity contribution >= 4 is 23.0 Å². The van der Waals surface area contributed by atoms with Gasteiger partial charge in [0.1, 0.15) is 11.3 Å². The summed E-state index contributed by atoms with van der Waals surface area (Å²) in [7, 11) is 1.25. The molecular formula is C13H10O5. The van der Waals surface area contributed by atoms with Gasteiger partial charge in [0.15, 0.2) is 0 Å². The summed E-state index contributed by atoms with van der Waals surface area (Å²) >= 11 is 0. The van der Waals surface area contributed by atoms with Crippen LogP contribution in [0.25, 0.3) is 17.0 Å². The van der Waals surface area contributed by atoms with Crippen LogP contribution in [0.2, 0.25) is 0 Å². The number of aromatic hydroxyl groups is 1. The van der Waals surface area contributed by atoms with Gasteiger partial charge in [-0.05, 0) is 24.3 Å². The molecule has 0 aliphatic carbocycles. The molecule has 5 heteroatoms. The first-order valence-electron chi connectivity index (χ1n) is 5.13. The monoisotopic (exact) mass is 246 g/mol. The Labute approximate surface area is 102 Å². The molecule has 0 bridgehead atoms. The number of methoxy groups -OCH3 is 1. The summed E-state index contributed by atoms with van der Waals surface area (Å²) in [5.74, 6) is -0.538. The lowest BCUT2D eigenvalue weighted by atomic mass is 10.1. The van der Waals surface area contributed by atoms with E-state index >= 15 is 0 Å².